The predicted octanol–water partition coefficient (Wildman–Crippen LogP) is 3.87. The summed E-state index contributed by atoms with van der Waals surface area (Å²) in [6, 6.07) is 4.38. The first-order valence-corrected chi connectivity index (χ1v) is 4.74. The van der Waals surface area contributed by atoms with E-state index in [1.807, 2.05) is 6.92 Å². The second-order valence-corrected chi connectivity index (χ2v) is 3.79. The zero-order valence-corrected chi connectivity index (χ0v) is 10.0. The van der Waals surface area contributed by atoms with Crippen molar-refractivity contribution in [3.63, 3.8) is 0 Å². The number of benzene rings is 1. The Labute approximate surface area is 101 Å². The highest BCUT2D eigenvalue weighted by Gasteiger charge is 2.12. The minimum atomic E-state index is -0.429. The summed E-state index contributed by atoms with van der Waals surface area (Å²) in [7, 11) is 0. The van der Waals surface area contributed by atoms with Crippen LogP contribution in [0.3, 0.4) is 0 Å². The summed E-state index contributed by atoms with van der Waals surface area (Å²) in [5.74, 6) is -0.429. The minimum Gasteiger partial charge on any atom is -0.324 e. The fraction of sp³-hybridized carbons (Fsp3) is 0.273. The first kappa shape index (κ1) is 14.4. The topological polar surface area (TPSA) is 26.0 Å². The molecule has 1 aromatic carbocycles. The lowest BCUT2D eigenvalue weighted by molar-refractivity contribution is 0.619. The van der Waals surface area contributed by atoms with Crippen molar-refractivity contribution in [3.05, 3.63) is 46.8 Å². The highest BCUT2D eigenvalue weighted by molar-refractivity contribution is 6.31. The van der Waals surface area contributed by atoms with Crippen LogP contribution in [-0.4, -0.2) is 0 Å². The van der Waals surface area contributed by atoms with Gasteiger partial charge >= 0.3 is 0 Å². The first-order chi connectivity index (χ1) is 6.52. The van der Waals surface area contributed by atoms with Crippen LogP contribution in [0.4, 0.5) is 4.39 Å². The van der Waals surface area contributed by atoms with Crippen LogP contribution >= 0.6 is 24.0 Å². The molecule has 0 saturated carbocycles. The van der Waals surface area contributed by atoms with Crippen molar-refractivity contribution in [1.82, 2.24) is 0 Å². The van der Waals surface area contributed by atoms with Gasteiger partial charge in [-0.2, -0.15) is 0 Å². The smallest absolute Gasteiger partial charge is 0.142 e. The molecule has 1 nitrogen and oxygen atoms in total. The van der Waals surface area contributed by atoms with Crippen molar-refractivity contribution in [1.29, 1.82) is 0 Å². The van der Waals surface area contributed by atoms with Gasteiger partial charge in [0.1, 0.15) is 5.82 Å². The normalized spacial score (nSPS) is 11.7. The summed E-state index contributed by atoms with van der Waals surface area (Å²) in [5, 5.41) is 0.112. The molecule has 0 spiro atoms. The Balaban J connectivity index is 0.00000196. The Morgan fingerprint density at radius 3 is 2.73 bits per heavy atom. The lowest BCUT2D eigenvalue weighted by Gasteiger charge is -2.13. The Bertz CT molecular complexity index is 352. The lowest BCUT2D eigenvalue weighted by atomic mass is 10.0. The molecule has 15 heavy (non-hydrogen) atoms. The van der Waals surface area contributed by atoms with Gasteiger partial charge < -0.3 is 5.73 Å². The molecule has 0 aliphatic carbocycles. The van der Waals surface area contributed by atoms with Gasteiger partial charge in [-0.05, 0) is 25.0 Å². The average Bonchev–Trinajstić information content (AvgIpc) is 2.08. The molecule has 0 aliphatic heterocycles. The molecule has 0 bridgehead atoms. The highest BCUT2D eigenvalue weighted by Crippen LogP contribution is 2.27. The van der Waals surface area contributed by atoms with Crippen LogP contribution in [-0.2, 0) is 0 Å². The molecule has 1 rings (SSSR count). The van der Waals surface area contributed by atoms with E-state index in [0.29, 0.717) is 12.0 Å². The molecule has 0 aromatic heterocycles. The van der Waals surface area contributed by atoms with Gasteiger partial charge in [0, 0.05) is 6.04 Å². The van der Waals surface area contributed by atoms with E-state index in [4.69, 9.17) is 17.3 Å². The largest absolute Gasteiger partial charge is 0.324 e. The van der Waals surface area contributed by atoms with Gasteiger partial charge in [-0.15, -0.1) is 19.0 Å². The van der Waals surface area contributed by atoms with Gasteiger partial charge in [-0.25, -0.2) is 4.39 Å². The first-order valence-electron chi connectivity index (χ1n) is 4.36. The number of halogens is 3. The van der Waals surface area contributed by atoms with Crippen molar-refractivity contribution in [2.75, 3.05) is 0 Å². The second kappa shape index (κ2) is 6.11. The summed E-state index contributed by atoms with van der Waals surface area (Å²) in [6.07, 6.45) is 0.614. The molecule has 0 amide bonds. The SMILES string of the molecule is C=C(C)C[C@H](N)c1cccc(F)c1Cl.Cl. The fourth-order valence-electron chi connectivity index (χ4n) is 1.29. The number of hydrogen-bond donors (Lipinski definition) is 1. The van der Waals surface area contributed by atoms with Gasteiger partial charge in [0.25, 0.3) is 0 Å². The van der Waals surface area contributed by atoms with Gasteiger partial charge in [0.15, 0.2) is 0 Å². The summed E-state index contributed by atoms with van der Waals surface area (Å²) in [6.45, 7) is 5.64. The van der Waals surface area contributed by atoms with E-state index in [2.05, 4.69) is 6.58 Å². The van der Waals surface area contributed by atoms with Crippen LogP contribution in [0.25, 0.3) is 0 Å². The molecule has 0 radical (unpaired) electrons. The van der Waals surface area contributed by atoms with E-state index in [1.165, 1.54) is 6.07 Å². The molecule has 1 aromatic rings. The third kappa shape index (κ3) is 3.82. The minimum absolute atomic E-state index is 0. The van der Waals surface area contributed by atoms with Crippen molar-refractivity contribution in [2.24, 2.45) is 5.73 Å². The van der Waals surface area contributed by atoms with Gasteiger partial charge in [-0.1, -0.05) is 29.3 Å². The van der Waals surface area contributed by atoms with E-state index >= 15 is 0 Å². The van der Waals surface area contributed by atoms with Crippen LogP contribution in [0.1, 0.15) is 24.9 Å². The van der Waals surface area contributed by atoms with E-state index in [0.717, 1.165) is 5.57 Å². The lowest BCUT2D eigenvalue weighted by Crippen LogP contribution is -2.11. The molecule has 1 atom stereocenters. The fourth-order valence-corrected chi connectivity index (χ4v) is 1.56. The van der Waals surface area contributed by atoms with Crippen molar-refractivity contribution < 1.29 is 4.39 Å². The van der Waals surface area contributed by atoms with Gasteiger partial charge in [0.2, 0.25) is 0 Å². The molecule has 0 unspecified atom stereocenters. The monoisotopic (exact) mass is 249 g/mol. The molecule has 2 N–H and O–H groups in total. The van der Waals surface area contributed by atoms with E-state index in [1.54, 1.807) is 12.1 Å². The molecular formula is C11H14Cl2FN. The van der Waals surface area contributed by atoms with E-state index in [9.17, 15) is 4.39 Å². The molecule has 4 heteroatoms. The Hall–Kier alpha value is -0.570. The summed E-state index contributed by atoms with van der Waals surface area (Å²) >= 11 is 5.79. The average molecular weight is 250 g/mol. The zero-order valence-electron chi connectivity index (χ0n) is 8.47. The van der Waals surface area contributed by atoms with Crippen LogP contribution in [0.15, 0.2) is 30.4 Å². The molecule has 0 saturated heterocycles. The number of hydrogen-bond acceptors (Lipinski definition) is 1. The van der Waals surface area contributed by atoms with E-state index < -0.39 is 5.82 Å². The molecule has 0 heterocycles. The zero-order chi connectivity index (χ0) is 10.7. The third-order valence-corrected chi connectivity index (χ3v) is 2.35. The van der Waals surface area contributed by atoms with Gasteiger partial charge in [-0.3, -0.25) is 0 Å². The van der Waals surface area contributed by atoms with Gasteiger partial charge in [0.05, 0.1) is 5.02 Å². The third-order valence-electron chi connectivity index (χ3n) is 1.95. The predicted molar refractivity (Wildman–Crippen MR) is 65.0 cm³/mol. The Kier molecular flexibility index (Phi) is 5.88. The summed E-state index contributed by atoms with van der Waals surface area (Å²) in [5.41, 5.74) is 7.44. The second-order valence-electron chi connectivity index (χ2n) is 3.41. The number of rotatable bonds is 3. The molecular weight excluding hydrogens is 236 g/mol. The maximum Gasteiger partial charge on any atom is 0.142 e. The maximum atomic E-state index is 13.1. The summed E-state index contributed by atoms with van der Waals surface area (Å²) < 4.78 is 13.1. The maximum absolute atomic E-state index is 13.1. The molecule has 84 valence electrons. The Morgan fingerprint density at radius 1 is 1.60 bits per heavy atom. The standard InChI is InChI=1S/C11H13ClFN.ClH/c1-7(2)6-10(14)8-4-3-5-9(13)11(8)12;/h3-5,10H,1,6,14H2,2H3;1H/t10-;/m0./s1. The quantitative estimate of drug-likeness (QED) is 0.809. The van der Waals surface area contributed by atoms with Crippen LogP contribution in [0.2, 0.25) is 5.02 Å². The van der Waals surface area contributed by atoms with Crippen molar-refractivity contribution >= 4 is 24.0 Å². The van der Waals surface area contributed by atoms with Crippen LogP contribution in [0.5, 0.6) is 0 Å². The van der Waals surface area contributed by atoms with Crippen molar-refractivity contribution in [2.45, 2.75) is 19.4 Å². The summed E-state index contributed by atoms with van der Waals surface area (Å²) in [4.78, 5) is 0. The highest BCUT2D eigenvalue weighted by atomic mass is 35.5. The molecule has 0 fully saturated rings. The Morgan fingerprint density at radius 2 is 2.20 bits per heavy atom. The van der Waals surface area contributed by atoms with Crippen molar-refractivity contribution in [3.8, 4) is 0 Å². The number of nitrogens with two attached hydrogens (primary N) is 1. The van der Waals surface area contributed by atoms with Crippen LogP contribution in [0, 0.1) is 5.82 Å². The molecule has 0 aliphatic rings. The van der Waals surface area contributed by atoms with E-state index in [-0.39, 0.29) is 23.5 Å². The van der Waals surface area contributed by atoms with Crippen LogP contribution < -0.4 is 5.73 Å².